The highest BCUT2D eigenvalue weighted by molar-refractivity contribution is 6.33. The summed E-state index contributed by atoms with van der Waals surface area (Å²) in [5, 5.41) is 0.599. The van der Waals surface area contributed by atoms with Crippen LogP contribution in [0.4, 0.5) is 11.8 Å². The zero-order chi connectivity index (χ0) is 15.0. The minimum absolute atomic E-state index is 0.0103. The van der Waals surface area contributed by atoms with Crippen molar-refractivity contribution in [3.05, 3.63) is 10.7 Å². The lowest BCUT2D eigenvalue weighted by Gasteiger charge is -2.46. The van der Waals surface area contributed by atoms with E-state index in [9.17, 15) is 0 Å². The fourth-order valence-electron chi connectivity index (χ4n) is 3.24. The molecule has 3 rings (SSSR count). The van der Waals surface area contributed by atoms with Gasteiger partial charge in [0.2, 0.25) is 5.95 Å². The first-order chi connectivity index (χ1) is 9.99. The lowest BCUT2D eigenvalue weighted by molar-refractivity contribution is -0.115. The molecule has 1 aromatic heterocycles. The number of piperidine rings is 1. The topological polar surface area (TPSA) is 67.5 Å². The van der Waals surface area contributed by atoms with Crippen molar-refractivity contribution in [2.24, 2.45) is 0 Å². The van der Waals surface area contributed by atoms with Gasteiger partial charge in [-0.2, -0.15) is 4.98 Å². The number of likely N-dealkylation sites (N-methyl/N-ethyl adjacent to an activating group) is 1. The molecule has 2 N–H and O–H groups in total. The third kappa shape index (κ3) is 2.93. The van der Waals surface area contributed by atoms with Crippen LogP contribution in [0.15, 0.2) is 0 Å². The highest BCUT2D eigenvalue weighted by Crippen LogP contribution is 2.34. The number of ether oxygens (including phenoxy) is 1. The van der Waals surface area contributed by atoms with Gasteiger partial charge in [-0.15, -0.1) is 0 Å². The highest BCUT2D eigenvalue weighted by Gasteiger charge is 2.39. The van der Waals surface area contributed by atoms with E-state index in [-0.39, 0.29) is 11.5 Å². The molecule has 6 nitrogen and oxygen atoms in total. The number of hydrogen-bond acceptors (Lipinski definition) is 6. The number of aryl methyl sites for hydroxylation is 1. The summed E-state index contributed by atoms with van der Waals surface area (Å²) in [7, 11) is 2.15. The van der Waals surface area contributed by atoms with Crippen molar-refractivity contribution in [1.82, 2.24) is 14.9 Å². The zero-order valence-corrected chi connectivity index (χ0v) is 13.4. The number of nitrogens with zero attached hydrogens (tertiary/aromatic N) is 4. The zero-order valence-electron chi connectivity index (χ0n) is 12.6. The van der Waals surface area contributed by atoms with Crippen molar-refractivity contribution in [3.8, 4) is 0 Å². The average Bonchev–Trinajstić information content (AvgIpc) is 2.44. The Morgan fingerprint density at radius 2 is 1.95 bits per heavy atom. The van der Waals surface area contributed by atoms with E-state index in [0.717, 1.165) is 57.1 Å². The maximum absolute atomic E-state index is 6.34. The Balaban J connectivity index is 1.74. The molecule has 7 heteroatoms. The molecular formula is C14H22ClN5O. The van der Waals surface area contributed by atoms with Gasteiger partial charge >= 0.3 is 0 Å². The monoisotopic (exact) mass is 311 g/mol. The maximum Gasteiger partial charge on any atom is 0.222 e. The Kier molecular flexibility index (Phi) is 3.94. The van der Waals surface area contributed by atoms with Gasteiger partial charge in [0, 0.05) is 26.2 Å². The first-order valence-corrected chi connectivity index (χ1v) is 7.74. The second-order valence-corrected chi connectivity index (χ2v) is 6.44. The van der Waals surface area contributed by atoms with Gasteiger partial charge < -0.3 is 20.3 Å². The smallest absolute Gasteiger partial charge is 0.222 e. The molecular weight excluding hydrogens is 290 g/mol. The standard InChI is InChI=1S/C14H22ClN5O/c1-10-11(15)12(18-13(16)17-10)20-5-3-14(4-6-20)9-19(2)7-8-21-14/h3-9H2,1-2H3,(H2,16,17,18). The lowest BCUT2D eigenvalue weighted by atomic mass is 9.89. The molecule has 3 heterocycles. The van der Waals surface area contributed by atoms with E-state index in [1.807, 2.05) is 6.92 Å². The third-order valence-electron chi connectivity index (χ3n) is 4.43. The normalized spacial score (nSPS) is 22.7. The number of aromatic nitrogens is 2. The minimum atomic E-state index is -0.0103. The molecule has 2 aliphatic rings. The van der Waals surface area contributed by atoms with Gasteiger partial charge in [-0.1, -0.05) is 11.6 Å². The Labute approximate surface area is 130 Å². The molecule has 0 radical (unpaired) electrons. The number of nitrogens with two attached hydrogens (primary N) is 1. The summed E-state index contributed by atoms with van der Waals surface area (Å²) in [6, 6.07) is 0. The van der Waals surface area contributed by atoms with Crippen molar-refractivity contribution in [2.75, 3.05) is 50.5 Å². The molecule has 21 heavy (non-hydrogen) atoms. The molecule has 1 spiro atoms. The fraction of sp³-hybridized carbons (Fsp3) is 0.714. The predicted octanol–water partition coefficient (Wildman–Crippen LogP) is 1.32. The van der Waals surface area contributed by atoms with Crippen LogP contribution < -0.4 is 10.6 Å². The second kappa shape index (κ2) is 5.59. The number of hydrogen-bond donors (Lipinski definition) is 1. The summed E-state index contributed by atoms with van der Waals surface area (Å²) in [5.41, 5.74) is 6.47. The van der Waals surface area contributed by atoms with Crippen molar-refractivity contribution >= 4 is 23.4 Å². The first kappa shape index (κ1) is 14.8. The van der Waals surface area contributed by atoms with Crippen LogP contribution in [0, 0.1) is 6.92 Å². The molecule has 0 saturated carbocycles. The molecule has 0 unspecified atom stereocenters. The Morgan fingerprint density at radius 3 is 2.62 bits per heavy atom. The fourth-order valence-corrected chi connectivity index (χ4v) is 3.44. The molecule has 1 aromatic rings. The Bertz CT molecular complexity index is 530. The Hall–Kier alpha value is -1.11. The Morgan fingerprint density at radius 1 is 1.24 bits per heavy atom. The van der Waals surface area contributed by atoms with E-state index < -0.39 is 0 Å². The second-order valence-electron chi connectivity index (χ2n) is 6.06. The summed E-state index contributed by atoms with van der Waals surface area (Å²) in [6.07, 6.45) is 1.97. The molecule has 0 bridgehead atoms. The molecule has 116 valence electrons. The van der Waals surface area contributed by atoms with Crippen LogP contribution in [-0.4, -0.2) is 60.3 Å². The molecule has 2 aliphatic heterocycles. The number of anilines is 2. The number of nitrogen functional groups attached to an aromatic ring is 1. The van der Waals surface area contributed by atoms with Crippen molar-refractivity contribution in [3.63, 3.8) is 0 Å². The highest BCUT2D eigenvalue weighted by atomic mass is 35.5. The van der Waals surface area contributed by atoms with Gasteiger partial charge in [0.25, 0.3) is 0 Å². The van der Waals surface area contributed by atoms with E-state index in [1.165, 1.54) is 0 Å². The molecule has 0 aromatic carbocycles. The molecule has 0 aliphatic carbocycles. The molecule has 2 saturated heterocycles. The maximum atomic E-state index is 6.34. The van der Waals surface area contributed by atoms with E-state index in [2.05, 4.69) is 26.8 Å². The van der Waals surface area contributed by atoms with Crippen LogP contribution >= 0.6 is 11.6 Å². The summed E-state index contributed by atoms with van der Waals surface area (Å²) in [4.78, 5) is 13.0. The largest absolute Gasteiger partial charge is 0.372 e. The SMILES string of the molecule is Cc1nc(N)nc(N2CCC3(CC2)CN(C)CCO3)c1Cl. The van der Waals surface area contributed by atoms with Gasteiger partial charge in [0.15, 0.2) is 5.82 Å². The molecule has 0 atom stereocenters. The van der Waals surface area contributed by atoms with Crippen LogP contribution in [0.1, 0.15) is 18.5 Å². The van der Waals surface area contributed by atoms with Crippen LogP contribution in [0.3, 0.4) is 0 Å². The third-order valence-corrected chi connectivity index (χ3v) is 4.87. The van der Waals surface area contributed by atoms with Crippen LogP contribution in [-0.2, 0) is 4.74 Å². The number of rotatable bonds is 1. The number of morpholine rings is 1. The summed E-state index contributed by atoms with van der Waals surface area (Å²) in [6.45, 7) is 6.44. The molecule has 2 fully saturated rings. The predicted molar refractivity (Wildman–Crippen MR) is 83.8 cm³/mol. The van der Waals surface area contributed by atoms with Crippen molar-refractivity contribution in [2.45, 2.75) is 25.4 Å². The van der Waals surface area contributed by atoms with Gasteiger partial charge in [-0.3, -0.25) is 0 Å². The van der Waals surface area contributed by atoms with Crippen molar-refractivity contribution < 1.29 is 4.74 Å². The van der Waals surface area contributed by atoms with E-state index >= 15 is 0 Å². The van der Waals surface area contributed by atoms with E-state index in [1.54, 1.807) is 0 Å². The van der Waals surface area contributed by atoms with Gasteiger partial charge in [-0.25, -0.2) is 4.98 Å². The van der Waals surface area contributed by atoms with Gasteiger partial charge in [-0.05, 0) is 26.8 Å². The van der Waals surface area contributed by atoms with Crippen LogP contribution in [0.25, 0.3) is 0 Å². The van der Waals surface area contributed by atoms with Crippen LogP contribution in [0.5, 0.6) is 0 Å². The minimum Gasteiger partial charge on any atom is -0.372 e. The first-order valence-electron chi connectivity index (χ1n) is 7.36. The van der Waals surface area contributed by atoms with Crippen molar-refractivity contribution in [1.29, 1.82) is 0 Å². The summed E-state index contributed by atoms with van der Waals surface area (Å²) in [5.74, 6) is 1.03. The van der Waals surface area contributed by atoms with Gasteiger partial charge in [0.1, 0.15) is 5.02 Å². The molecule has 0 amide bonds. The van der Waals surface area contributed by atoms with E-state index in [4.69, 9.17) is 22.1 Å². The van der Waals surface area contributed by atoms with Gasteiger partial charge in [0.05, 0.1) is 17.9 Å². The summed E-state index contributed by atoms with van der Waals surface area (Å²) < 4.78 is 6.08. The quantitative estimate of drug-likeness (QED) is 0.844. The summed E-state index contributed by atoms with van der Waals surface area (Å²) >= 11 is 6.34. The lowest BCUT2D eigenvalue weighted by Crippen LogP contribution is -2.56. The van der Waals surface area contributed by atoms with E-state index in [0.29, 0.717) is 5.02 Å². The average molecular weight is 312 g/mol. The van der Waals surface area contributed by atoms with Crippen LogP contribution in [0.2, 0.25) is 5.02 Å². The number of halogens is 1.